The van der Waals surface area contributed by atoms with Gasteiger partial charge in [0.15, 0.2) is 0 Å². The summed E-state index contributed by atoms with van der Waals surface area (Å²) in [7, 11) is 0. The van der Waals surface area contributed by atoms with E-state index in [2.05, 4.69) is 37.4 Å². The van der Waals surface area contributed by atoms with Crippen molar-refractivity contribution in [2.24, 2.45) is 0 Å². The van der Waals surface area contributed by atoms with Crippen LogP contribution in [0.25, 0.3) is 5.57 Å². The minimum Gasteiger partial charge on any atom is -0.493 e. The maximum absolute atomic E-state index is 5.63. The molecule has 0 saturated heterocycles. The van der Waals surface area contributed by atoms with Gasteiger partial charge in [0.1, 0.15) is 5.75 Å². The molecule has 0 amide bonds. The van der Waals surface area contributed by atoms with Crippen molar-refractivity contribution in [2.45, 2.75) is 27.2 Å². The fourth-order valence-electron chi connectivity index (χ4n) is 1.75. The highest BCUT2D eigenvalue weighted by atomic mass is 16.5. The van der Waals surface area contributed by atoms with Gasteiger partial charge < -0.3 is 10.1 Å². The molecule has 0 aliphatic carbocycles. The quantitative estimate of drug-likeness (QED) is 0.728. The molecule has 0 aromatic heterocycles. The SMILES string of the molecule is CCNCCC=C(C)c1ccccc1OCC. The van der Waals surface area contributed by atoms with Crippen LogP contribution in [0.1, 0.15) is 32.8 Å². The van der Waals surface area contributed by atoms with Crippen molar-refractivity contribution in [2.75, 3.05) is 19.7 Å². The summed E-state index contributed by atoms with van der Waals surface area (Å²) in [4.78, 5) is 0. The van der Waals surface area contributed by atoms with Crippen LogP contribution in [0, 0.1) is 0 Å². The lowest BCUT2D eigenvalue weighted by atomic mass is 10.1. The molecule has 0 aliphatic heterocycles. The second kappa shape index (κ2) is 7.91. The molecule has 0 unspecified atom stereocenters. The number of rotatable bonds is 7. The van der Waals surface area contributed by atoms with Crippen molar-refractivity contribution >= 4 is 5.57 Å². The molecule has 0 radical (unpaired) electrons. The van der Waals surface area contributed by atoms with E-state index in [-0.39, 0.29) is 0 Å². The summed E-state index contributed by atoms with van der Waals surface area (Å²) in [5.74, 6) is 0.979. The summed E-state index contributed by atoms with van der Waals surface area (Å²) in [5, 5.41) is 3.32. The summed E-state index contributed by atoms with van der Waals surface area (Å²) in [6, 6.07) is 8.21. The summed E-state index contributed by atoms with van der Waals surface area (Å²) in [6.45, 7) is 9.06. The van der Waals surface area contributed by atoms with E-state index in [1.807, 2.05) is 19.1 Å². The van der Waals surface area contributed by atoms with Gasteiger partial charge in [-0.15, -0.1) is 0 Å². The molecule has 1 rings (SSSR count). The van der Waals surface area contributed by atoms with Gasteiger partial charge in [0.25, 0.3) is 0 Å². The first-order valence-electron chi connectivity index (χ1n) is 6.39. The molecular formula is C15H23NO. The molecule has 0 heterocycles. The van der Waals surface area contributed by atoms with Crippen LogP contribution in [0.4, 0.5) is 0 Å². The Morgan fingerprint density at radius 2 is 2.06 bits per heavy atom. The van der Waals surface area contributed by atoms with Crippen molar-refractivity contribution in [3.63, 3.8) is 0 Å². The van der Waals surface area contributed by atoms with Crippen LogP contribution >= 0.6 is 0 Å². The van der Waals surface area contributed by atoms with Crippen LogP contribution in [0.3, 0.4) is 0 Å². The second-order valence-electron chi connectivity index (χ2n) is 3.96. The van der Waals surface area contributed by atoms with E-state index in [4.69, 9.17) is 4.74 Å². The Morgan fingerprint density at radius 3 is 2.76 bits per heavy atom. The second-order valence-corrected chi connectivity index (χ2v) is 3.96. The Kier molecular flexibility index (Phi) is 6.41. The number of para-hydroxylation sites is 1. The van der Waals surface area contributed by atoms with Crippen LogP contribution in [0.15, 0.2) is 30.3 Å². The lowest BCUT2D eigenvalue weighted by Gasteiger charge is -2.10. The Balaban J connectivity index is 2.69. The maximum Gasteiger partial charge on any atom is 0.126 e. The van der Waals surface area contributed by atoms with E-state index >= 15 is 0 Å². The average Bonchev–Trinajstić information content (AvgIpc) is 2.35. The Bertz CT molecular complexity index is 358. The third-order valence-corrected chi connectivity index (χ3v) is 2.63. The van der Waals surface area contributed by atoms with Gasteiger partial charge in [0.2, 0.25) is 0 Å². The van der Waals surface area contributed by atoms with Gasteiger partial charge in [-0.1, -0.05) is 31.2 Å². The zero-order valence-corrected chi connectivity index (χ0v) is 11.1. The van der Waals surface area contributed by atoms with E-state index in [1.54, 1.807) is 0 Å². The maximum atomic E-state index is 5.63. The van der Waals surface area contributed by atoms with Crippen LogP contribution in [0.2, 0.25) is 0 Å². The van der Waals surface area contributed by atoms with Gasteiger partial charge in [-0.25, -0.2) is 0 Å². The molecule has 0 bridgehead atoms. The monoisotopic (exact) mass is 233 g/mol. The molecule has 94 valence electrons. The van der Waals surface area contributed by atoms with Gasteiger partial charge in [0.05, 0.1) is 6.61 Å². The minimum absolute atomic E-state index is 0.710. The standard InChI is InChI=1S/C15H23NO/c1-4-16-12-8-9-13(3)14-10-6-7-11-15(14)17-5-2/h6-7,9-11,16H,4-5,8,12H2,1-3H3. The lowest BCUT2D eigenvalue weighted by molar-refractivity contribution is 0.339. The number of hydrogen-bond acceptors (Lipinski definition) is 2. The minimum atomic E-state index is 0.710. The molecule has 1 N–H and O–H groups in total. The Labute approximate surface area is 105 Å². The summed E-state index contributed by atoms with van der Waals surface area (Å²) < 4.78 is 5.63. The predicted octanol–water partition coefficient (Wildman–Crippen LogP) is 3.49. The zero-order chi connectivity index (χ0) is 12.5. The molecule has 0 fully saturated rings. The Hall–Kier alpha value is -1.28. The summed E-state index contributed by atoms with van der Waals surface area (Å²) >= 11 is 0. The largest absolute Gasteiger partial charge is 0.493 e. The van der Waals surface area contributed by atoms with Crippen molar-refractivity contribution in [3.8, 4) is 5.75 Å². The molecular weight excluding hydrogens is 210 g/mol. The summed E-state index contributed by atoms with van der Waals surface area (Å²) in [5.41, 5.74) is 2.48. The smallest absolute Gasteiger partial charge is 0.126 e. The van der Waals surface area contributed by atoms with E-state index in [0.717, 1.165) is 25.3 Å². The topological polar surface area (TPSA) is 21.3 Å². The number of allylic oxidation sites excluding steroid dienone is 1. The van der Waals surface area contributed by atoms with Crippen molar-refractivity contribution in [1.82, 2.24) is 5.32 Å². The highest BCUT2D eigenvalue weighted by Crippen LogP contribution is 2.25. The summed E-state index contributed by atoms with van der Waals surface area (Å²) in [6.07, 6.45) is 3.32. The van der Waals surface area contributed by atoms with Crippen molar-refractivity contribution in [3.05, 3.63) is 35.9 Å². The molecule has 0 saturated carbocycles. The van der Waals surface area contributed by atoms with Gasteiger partial charge in [0, 0.05) is 5.56 Å². The van der Waals surface area contributed by atoms with Crippen LogP contribution in [0.5, 0.6) is 5.75 Å². The van der Waals surface area contributed by atoms with Crippen molar-refractivity contribution < 1.29 is 4.74 Å². The van der Waals surface area contributed by atoms with Crippen LogP contribution in [-0.4, -0.2) is 19.7 Å². The van der Waals surface area contributed by atoms with E-state index < -0.39 is 0 Å². The van der Waals surface area contributed by atoms with E-state index in [1.165, 1.54) is 11.1 Å². The fourth-order valence-corrected chi connectivity index (χ4v) is 1.75. The van der Waals surface area contributed by atoms with Gasteiger partial charge >= 0.3 is 0 Å². The van der Waals surface area contributed by atoms with Gasteiger partial charge in [-0.2, -0.15) is 0 Å². The van der Waals surface area contributed by atoms with Crippen molar-refractivity contribution in [1.29, 1.82) is 0 Å². The van der Waals surface area contributed by atoms with Gasteiger partial charge in [-0.05, 0) is 45.0 Å². The molecule has 2 heteroatoms. The molecule has 1 aromatic rings. The predicted molar refractivity (Wildman–Crippen MR) is 74.4 cm³/mol. The number of nitrogens with one attached hydrogen (secondary N) is 1. The molecule has 1 aromatic carbocycles. The molecule has 17 heavy (non-hydrogen) atoms. The molecule has 0 aliphatic rings. The first-order chi connectivity index (χ1) is 8.29. The highest BCUT2D eigenvalue weighted by Gasteiger charge is 2.03. The van der Waals surface area contributed by atoms with E-state index in [9.17, 15) is 0 Å². The zero-order valence-electron chi connectivity index (χ0n) is 11.1. The first kappa shape index (κ1) is 13.8. The fraction of sp³-hybridized carbons (Fsp3) is 0.467. The van der Waals surface area contributed by atoms with Crippen LogP contribution in [-0.2, 0) is 0 Å². The van der Waals surface area contributed by atoms with Crippen LogP contribution < -0.4 is 10.1 Å². The molecule has 0 atom stereocenters. The lowest BCUT2D eigenvalue weighted by Crippen LogP contribution is -2.13. The number of ether oxygens (including phenoxy) is 1. The number of benzene rings is 1. The molecule has 0 spiro atoms. The Morgan fingerprint density at radius 1 is 1.29 bits per heavy atom. The number of hydrogen-bond donors (Lipinski definition) is 1. The van der Waals surface area contributed by atoms with Gasteiger partial charge in [-0.3, -0.25) is 0 Å². The highest BCUT2D eigenvalue weighted by molar-refractivity contribution is 5.68. The molecule has 2 nitrogen and oxygen atoms in total. The van der Waals surface area contributed by atoms with E-state index in [0.29, 0.717) is 6.61 Å². The normalized spacial score (nSPS) is 11.6. The third-order valence-electron chi connectivity index (χ3n) is 2.63. The first-order valence-corrected chi connectivity index (χ1v) is 6.39. The third kappa shape index (κ3) is 4.61. The average molecular weight is 233 g/mol.